The highest BCUT2D eigenvalue weighted by molar-refractivity contribution is 5.85. The monoisotopic (exact) mass is 270 g/mol. The van der Waals surface area contributed by atoms with Crippen LogP contribution in [0.25, 0.3) is 21.5 Å². The van der Waals surface area contributed by atoms with Gasteiger partial charge in [0.2, 0.25) is 0 Å². The summed E-state index contributed by atoms with van der Waals surface area (Å²) in [6.07, 6.45) is 0. The van der Waals surface area contributed by atoms with Crippen molar-refractivity contribution in [2.45, 2.75) is 0 Å². The molecule has 21 heavy (non-hydrogen) atoms. The predicted molar refractivity (Wildman–Crippen MR) is 89.1 cm³/mol. The SMILES string of the molecule is c1ccc2cc([NH2+]c3ccc4ccccc4c3)ccc2c1. The van der Waals surface area contributed by atoms with Crippen molar-refractivity contribution < 1.29 is 5.32 Å². The first kappa shape index (κ1) is 12.1. The summed E-state index contributed by atoms with van der Waals surface area (Å²) in [7, 11) is 0. The summed E-state index contributed by atoms with van der Waals surface area (Å²) in [6, 6.07) is 30.1. The Balaban J connectivity index is 1.71. The Kier molecular flexibility index (Phi) is 2.91. The summed E-state index contributed by atoms with van der Waals surface area (Å²) in [4.78, 5) is 0. The molecule has 1 heteroatoms. The average Bonchev–Trinajstić information content (AvgIpc) is 2.55. The minimum atomic E-state index is 1.24. The molecule has 4 rings (SSSR count). The average molecular weight is 270 g/mol. The predicted octanol–water partition coefficient (Wildman–Crippen LogP) is 4.52. The van der Waals surface area contributed by atoms with Crippen LogP contribution in [0.15, 0.2) is 84.9 Å². The molecular formula is C20H16N+. The van der Waals surface area contributed by atoms with E-state index in [9.17, 15) is 0 Å². The highest BCUT2D eigenvalue weighted by Gasteiger charge is 2.03. The second kappa shape index (κ2) is 5.04. The number of nitrogens with two attached hydrogens (primary N) is 1. The number of rotatable bonds is 2. The Morgan fingerprint density at radius 1 is 0.429 bits per heavy atom. The normalized spacial score (nSPS) is 11.0. The van der Waals surface area contributed by atoms with Crippen molar-refractivity contribution in [3.05, 3.63) is 84.9 Å². The number of benzene rings is 4. The van der Waals surface area contributed by atoms with Crippen LogP contribution in [-0.2, 0) is 0 Å². The molecule has 4 aromatic carbocycles. The van der Waals surface area contributed by atoms with E-state index in [1.165, 1.54) is 32.9 Å². The van der Waals surface area contributed by atoms with E-state index in [0.717, 1.165) is 0 Å². The van der Waals surface area contributed by atoms with E-state index in [0.29, 0.717) is 0 Å². The molecule has 0 atom stereocenters. The van der Waals surface area contributed by atoms with Gasteiger partial charge in [0.15, 0.2) is 0 Å². The molecule has 100 valence electrons. The van der Waals surface area contributed by atoms with Crippen LogP contribution >= 0.6 is 0 Å². The molecule has 0 bridgehead atoms. The topological polar surface area (TPSA) is 16.6 Å². The van der Waals surface area contributed by atoms with Crippen LogP contribution in [0.4, 0.5) is 11.4 Å². The minimum Gasteiger partial charge on any atom is -0.282 e. The lowest BCUT2D eigenvalue weighted by atomic mass is 10.1. The molecule has 0 unspecified atom stereocenters. The van der Waals surface area contributed by atoms with Crippen LogP contribution in [0.1, 0.15) is 0 Å². The highest BCUT2D eigenvalue weighted by atomic mass is 14.9. The minimum absolute atomic E-state index is 1.24. The molecule has 0 fully saturated rings. The van der Waals surface area contributed by atoms with Crippen molar-refractivity contribution >= 4 is 32.9 Å². The zero-order valence-electron chi connectivity index (χ0n) is 11.7. The summed E-state index contributed by atoms with van der Waals surface area (Å²) in [5, 5.41) is 7.37. The summed E-state index contributed by atoms with van der Waals surface area (Å²) in [6.45, 7) is 0. The fourth-order valence-corrected chi connectivity index (χ4v) is 2.79. The van der Waals surface area contributed by atoms with E-state index in [4.69, 9.17) is 0 Å². The molecule has 0 spiro atoms. The molecule has 4 aromatic rings. The second-order valence-corrected chi connectivity index (χ2v) is 5.36. The Hall–Kier alpha value is -2.64. The van der Waals surface area contributed by atoms with Gasteiger partial charge < -0.3 is 0 Å². The van der Waals surface area contributed by atoms with Gasteiger partial charge in [-0.25, -0.2) is 0 Å². The van der Waals surface area contributed by atoms with Gasteiger partial charge in [-0.2, -0.15) is 0 Å². The van der Waals surface area contributed by atoms with Crippen LogP contribution < -0.4 is 5.32 Å². The Morgan fingerprint density at radius 2 is 0.857 bits per heavy atom. The van der Waals surface area contributed by atoms with Crippen molar-refractivity contribution in [2.75, 3.05) is 0 Å². The van der Waals surface area contributed by atoms with E-state index in [-0.39, 0.29) is 0 Å². The highest BCUT2D eigenvalue weighted by Crippen LogP contribution is 2.19. The Bertz CT molecular complexity index is 847. The van der Waals surface area contributed by atoms with E-state index < -0.39 is 0 Å². The number of hydrogen-bond acceptors (Lipinski definition) is 0. The first-order valence-corrected chi connectivity index (χ1v) is 7.21. The molecule has 0 saturated heterocycles. The van der Waals surface area contributed by atoms with E-state index in [2.05, 4.69) is 90.2 Å². The van der Waals surface area contributed by atoms with Crippen LogP contribution in [-0.4, -0.2) is 0 Å². The van der Waals surface area contributed by atoms with Crippen molar-refractivity contribution in [1.82, 2.24) is 0 Å². The molecule has 0 saturated carbocycles. The van der Waals surface area contributed by atoms with E-state index in [1.807, 2.05) is 0 Å². The van der Waals surface area contributed by atoms with E-state index >= 15 is 0 Å². The van der Waals surface area contributed by atoms with Crippen molar-refractivity contribution in [3.8, 4) is 0 Å². The fourth-order valence-electron chi connectivity index (χ4n) is 2.79. The number of hydrogen-bond donors (Lipinski definition) is 1. The van der Waals surface area contributed by atoms with E-state index in [1.54, 1.807) is 0 Å². The molecule has 0 aliphatic heterocycles. The summed E-state index contributed by atoms with van der Waals surface area (Å²) < 4.78 is 0. The largest absolute Gasteiger partial charge is 0.282 e. The molecule has 0 radical (unpaired) electrons. The molecular weight excluding hydrogens is 254 g/mol. The molecule has 0 amide bonds. The zero-order chi connectivity index (χ0) is 14.1. The number of fused-ring (bicyclic) bond motifs is 2. The quantitative estimate of drug-likeness (QED) is 0.516. The van der Waals surface area contributed by atoms with Gasteiger partial charge >= 0.3 is 0 Å². The van der Waals surface area contributed by atoms with Gasteiger partial charge in [0.05, 0.1) is 0 Å². The molecule has 0 aliphatic carbocycles. The molecule has 2 N–H and O–H groups in total. The van der Waals surface area contributed by atoms with Crippen LogP contribution in [0.3, 0.4) is 0 Å². The summed E-state index contributed by atoms with van der Waals surface area (Å²) in [5.74, 6) is 0. The lowest BCUT2D eigenvalue weighted by Crippen LogP contribution is -2.70. The first-order valence-electron chi connectivity index (χ1n) is 7.21. The van der Waals surface area contributed by atoms with Gasteiger partial charge in [-0.3, -0.25) is 5.32 Å². The maximum atomic E-state index is 2.24. The summed E-state index contributed by atoms with van der Waals surface area (Å²) in [5.41, 5.74) is 2.48. The van der Waals surface area contributed by atoms with Crippen LogP contribution in [0, 0.1) is 0 Å². The van der Waals surface area contributed by atoms with Crippen LogP contribution in [0.2, 0.25) is 0 Å². The molecule has 0 aromatic heterocycles. The maximum Gasteiger partial charge on any atom is 0.135 e. The second-order valence-electron chi connectivity index (χ2n) is 5.36. The molecule has 0 aliphatic rings. The smallest absolute Gasteiger partial charge is 0.135 e. The lowest BCUT2D eigenvalue weighted by Gasteiger charge is -2.04. The first-order chi connectivity index (χ1) is 10.4. The third-order valence-corrected chi connectivity index (χ3v) is 3.88. The molecule has 1 nitrogen and oxygen atoms in total. The van der Waals surface area contributed by atoms with Crippen molar-refractivity contribution in [1.29, 1.82) is 0 Å². The molecule has 0 heterocycles. The number of quaternary nitrogens is 1. The Labute approximate surface area is 123 Å². The zero-order valence-corrected chi connectivity index (χ0v) is 11.7. The lowest BCUT2D eigenvalue weighted by molar-refractivity contribution is -0.478. The van der Waals surface area contributed by atoms with Gasteiger partial charge in [0, 0.05) is 24.3 Å². The fraction of sp³-hybridized carbons (Fsp3) is 0. The Morgan fingerprint density at radius 3 is 1.33 bits per heavy atom. The third kappa shape index (κ3) is 2.39. The third-order valence-electron chi connectivity index (χ3n) is 3.88. The van der Waals surface area contributed by atoms with Gasteiger partial charge in [0.1, 0.15) is 11.4 Å². The summed E-state index contributed by atoms with van der Waals surface area (Å²) >= 11 is 0. The van der Waals surface area contributed by atoms with Gasteiger partial charge in [-0.15, -0.1) is 0 Å². The van der Waals surface area contributed by atoms with Gasteiger partial charge in [0.25, 0.3) is 0 Å². The van der Waals surface area contributed by atoms with Gasteiger partial charge in [-0.05, 0) is 33.7 Å². The standard InChI is InChI=1S/C20H15N/c1-3-7-17-13-19(11-9-15(17)5-1)21-20-12-10-16-6-2-4-8-18(16)14-20/h1-14,21H/p+1. The van der Waals surface area contributed by atoms with Gasteiger partial charge in [-0.1, -0.05) is 48.5 Å². The van der Waals surface area contributed by atoms with Crippen molar-refractivity contribution in [3.63, 3.8) is 0 Å². The van der Waals surface area contributed by atoms with Crippen LogP contribution in [0.5, 0.6) is 0 Å². The maximum absolute atomic E-state index is 2.24. The van der Waals surface area contributed by atoms with Crippen molar-refractivity contribution in [2.24, 2.45) is 0 Å².